The molecule has 0 spiro atoms. The maximum atomic E-state index is 12.3. The van der Waals surface area contributed by atoms with Crippen LogP contribution in [0.4, 0.5) is 0 Å². The van der Waals surface area contributed by atoms with Gasteiger partial charge in [-0.25, -0.2) is 0 Å². The van der Waals surface area contributed by atoms with Crippen LogP contribution >= 0.6 is 0 Å². The summed E-state index contributed by atoms with van der Waals surface area (Å²) in [6.45, 7) is 4.99. The minimum atomic E-state index is -0.414. The van der Waals surface area contributed by atoms with E-state index < -0.39 is 6.10 Å². The number of ether oxygens (including phenoxy) is 2. The number of carbonyl (C=O) groups excluding carboxylic acids is 1. The van der Waals surface area contributed by atoms with Gasteiger partial charge < -0.3 is 20.1 Å². The lowest BCUT2D eigenvalue weighted by atomic mass is 9.93. The van der Waals surface area contributed by atoms with Gasteiger partial charge in [-0.3, -0.25) is 4.79 Å². The first-order valence-electron chi connectivity index (χ1n) is 6.42. The van der Waals surface area contributed by atoms with Gasteiger partial charge in [0.05, 0.1) is 19.8 Å². The molecule has 5 heteroatoms. The monoisotopic (exact) mass is 242 g/mol. The number of nitrogens with two attached hydrogens (primary N) is 1. The molecule has 0 aromatic carbocycles. The molecule has 3 unspecified atom stereocenters. The second kappa shape index (κ2) is 5.80. The second-order valence-corrected chi connectivity index (χ2v) is 4.95. The summed E-state index contributed by atoms with van der Waals surface area (Å²) >= 11 is 0. The molecule has 2 fully saturated rings. The lowest BCUT2D eigenvalue weighted by Gasteiger charge is -2.39. The fourth-order valence-electron chi connectivity index (χ4n) is 2.50. The molecule has 3 atom stereocenters. The first-order valence-corrected chi connectivity index (χ1v) is 6.42. The lowest BCUT2D eigenvalue weighted by Crippen LogP contribution is -2.53. The van der Waals surface area contributed by atoms with Crippen molar-refractivity contribution < 1.29 is 14.3 Å². The highest BCUT2D eigenvalue weighted by Crippen LogP contribution is 2.22. The van der Waals surface area contributed by atoms with E-state index in [0.29, 0.717) is 32.3 Å². The topological polar surface area (TPSA) is 64.8 Å². The molecule has 2 N–H and O–H groups in total. The molecule has 0 aromatic rings. The highest BCUT2D eigenvalue weighted by Gasteiger charge is 2.33. The van der Waals surface area contributed by atoms with Crippen LogP contribution in [0, 0.1) is 5.92 Å². The van der Waals surface area contributed by atoms with Gasteiger partial charge in [0.2, 0.25) is 0 Å². The molecule has 2 aliphatic heterocycles. The fraction of sp³-hybridized carbons (Fsp3) is 0.917. The number of likely N-dealkylation sites (tertiary alicyclic amines) is 1. The molecule has 2 aliphatic rings. The van der Waals surface area contributed by atoms with E-state index in [4.69, 9.17) is 15.2 Å². The third-order valence-corrected chi connectivity index (χ3v) is 3.69. The zero-order chi connectivity index (χ0) is 12.3. The molecule has 0 radical (unpaired) electrons. The molecule has 2 heterocycles. The summed E-state index contributed by atoms with van der Waals surface area (Å²) in [6.07, 6.45) is 1.73. The van der Waals surface area contributed by atoms with Gasteiger partial charge in [-0.05, 0) is 32.2 Å². The average molecular weight is 242 g/mol. The summed E-state index contributed by atoms with van der Waals surface area (Å²) in [4.78, 5) is 14.2. The Balaban J connectivity index is 1.95. The first-order chi connectivity index (χ1) is 8.22. The van der Waals surface area contributed by atoms with E-state index in [0.717, 1.165) is 19.4 Å². The van der Waals surface area contributed by atoms with Gasteiger partial charge in [0, 0.05) is 12.6 Å². The van der Waals surface area contributed by atoms with Crippen LogP contribution in [-0.2, 0) is 14.3 Å². The maximum absolute atomic E-state index is 12.3. The Morgan fingerprint density at radius 1 is 1.41 bits per heavy atom. The van der Waals surface area contributed by atoms with E-state index in [-0.39, 0.29) is 11.9 Å². The average Bonchev–Trinajstić information content (AvgIpc) is 2.39. The van der Waals surface area contributed by atoms with Crippen molar-refractivity contribution in [1.82, 2.24) is 4.90 Å². The summed E-state index contributed by atoms with van der Waals surface area (Å²) in [7, 11) is 0. The van der Waals surface area contributed by atoms with Crippen LogP contribution in [0.25, 0.3) is 0 Å². The van der Waals surface area contributed by atoms with Crippen LogP contribution in [0.1, 0.15) is 19.8 Å². The Hall–Kier alpha value is -0.650. The highest BCUT2D eigenvalue weighted by molar-refractivity contribution is 5.81. The minimum absolute atomic E-state index is 0.0651. The number of amides is 1. The van der Waals surface area contributed by atoms with Gasteiger partial charge in [0.25, 0.3) is 5.91 Å². The van der Waals surface area contributed by atoms with Crippen molar-refractivity contribution in [2.75, 3.05) is 32.9 Å². The number of piperidine rings is 1. The van der Waals surface area contributed by atoms with Crippen LogP contribution in [0.3, 0.4) is 0 Å². The second-order valence-electron chi connectivity index (χ2n) is 4.95. The molecule has 0 bridgehead atoms. The van der Waals surface area contributed by atoms with Crippen molar-refractivity contribution in [2.24, 2.45) is 11.7 Å². The van der Waals surface area contributed by atoms with E-state index in [2.05, 4.69) is 6.92 Å². The van der Waals surface area contributed by atoms with E-state index in [1.165, 1.54) is 0 Å². The smallest absolute Gasteiger partial charge is 0.254 e. The molecule has 2 saturated heterocycles. The van der Waals surface area contributed by atoms with E-state index in [1.54, 1.807) is 0 Å². The summed E-state index contributed by atoms with van der Waals surface area (Å²) in [5.41, 5.74) is 5.70. The number of nitrogens with zero attached hydrogens (tertiary/aromatic N) is 1. The molecule has 2 rings (SSSR count). The van der Waals surface area contributed by atoms with Crippen molar-refractivity contribution in [2.45, 2.75) is 31.9 Å². The number of rotatable bonds is 2. The number of hydrogen-bond donors (Lipinski definition) is 1. The molecular weight excluding hydrogens is 220 g/mol. The predicted octanol–water partition coefficient (Wildman–Crippen LogP) is -0.0124. The third kappa shape index (κ3) is 2.97. The zero-order valence-electron chi connectivity index (χ0n) is 10.4. The normalized spacial score (nSPS) is 34.7. The lowest BCUT2D eigenvalue weighted by molar-refractivity contribution is -0.162. The van der Waals surface area contributed by atoms with Crippen LogP contribution in [0.5, 0.6) is 0 Å². The largest absolute Gasteiger partial charge is 0.376 e. The van der Waals surface area contributed by atoms with Crippen molar-refractivity contribution in [1.29, 1.82) is 0 Å². The number of carbonyl (C=O) groups is 1. The summed E-state index contributed by atoms with van der Waals surface area (Å²) in [5, 5.41) is 0. The van der Waals surface area contributed by atoms with Gasteiger partial charge >= 0.3 is 0 Å². The van der Waals surface area contributed by atoms with Crippen molar-refractivity contribution in [3.63, 3.8) is 0 Å². The fourth-order valence-corrected chi connectivity index (χ4v) is 2.50. The van der Waals surface area contributed by atoms with Crippen molar-refractivity contribution in [3.05, 3.63) is 0 Å². The van der Waals surface area contributed by atoms with E-state index >= 15 is 0 Å². The number of hydrogen-bond acceptors (Lipinski definition) is 4. The summed E-state index contributed by atoms with van der Waals surface area (Å²) in [5.74, 6) is 0.495. The Morgan fingerprint density at radius 3 is 2.88 bits per heavy atom. The molecule has 1 amide bonds. The SMILES string of the molecule is CC1CCC(CN)CN1C(=O)C1COCCO1. The quantitative estimate of drug-likeness (QED) is 0.739. The molecule has 17 heavy (non-hydrogen) atoms. The highest BCUT2D eigenvalue weighted by atomic mass is 16.6. The van der Waals surface area contributed by atoms with Gasteiger partial charge in [0.1, 0.15) is 0 Å². The molecular formula is C12H22N2O3. The maximum Gasteiger partial charge on any atom is 0.254 e. The standard InChI is InChI=1S/C12H22N2O3/c1-9-2-3-10(6-13)7-14(9)12(15)11-8-16-4-5-17-11/h9-11H,2-8,13H2,1H3. The first kappa shape index (κ1) is 12.8. The minimum Gasteiger partial charge on any atom is -0.376 e. The van der Waals surface area contributed by atoms with E-state index in [9.17, 15) is 4.79 Å². The Kier molecular flexibility index (Phi) is 4.36. The predicted molar refractivity (Wildman–Crippen MR) is 63.5 cm³/mol. The summed E-state index contributed by atoms with van der Waals surface area (Å²) in [6, 6.07) is 0.288. The molecule has 0 aromatic heterocycles. The molecule has 0 aliphatic carbocycles. The van der Waals surface area contributed by atoms with Crippen molar-refractivity contribution in [3.8, 4) is 0 Å². The Morgan fingerprint density at radius 2 is 2.24 bits per heavy atom. The molecule has 0 saturated carbocycles. The Labute approximate surface area is 102 Å². The van der Waals surface area contributed by atoms with Crippen molar-refractivity contribution >= 4 is 5.91 Å². The Bertz CT molecular complexity index is 266. The van der Waals surface area contributed by atoms with Crippen LogP contribution in [-0.4, -0.2) is 55.9 Å². The third-order valence-electron chi connectivity index (χ3n) is 3.69. The van der Waals surface area contributed by atoms with Gasteiger partial charge in [-0.2, -0.15) is 0 Å². The zero-order valence-corrected chi connectivity index (χ0v) is 10.4. The summed E-state index contributed by atoms with van der Waals surface area (Å²) < 4.78 is 10.7. The van der Waals surface area contributed by atoms with E-state index in [1.807, 2.05) is 4.90 Å². The van der Waals surface area contributed by atoms with Gasteiger partial charge in [0.15, 0.2) is 6.10 Å². The molecule has 5 nitrogen and oxygen atoms in total. The van der Waals surface area contributed by atoms with Crippen LogP contribution < -0.4 is 5.73 Å². The van der Waals surface area contributed by atoms with Gasteiger partial charge in [-0.15, -0.1) is 0 Å². The van der Waals surface area contributed by atoms with Crippen LogP contribution in [0.2, 0.25) is 0 Å². The van der Waals surface area contributed by atoms with Crippen LogP contribution in [0.15, 0.2) is 0 Å². The molecule has 98 valence electrons. The van der Waals surface area contributed by atoms with Gasteiger partial charge in [-0.1, -0.05) is 0 Å².